The lowest BCUT2D eigenvalue weighted by Gasteiger charge is -2.36. The number of rotatable bonds is 8. The van der Waals surface area contributed by atoms with Crippen LogP contribution in [0.3, 0.4) is 0 Å². The molecule has 3 heterocycles. The molecule has 3 fully saturated rings. The second-order valence-electron chi connectivity index (χ2n) is 10.2. The van der Waals surface area contributed by atoms with Crippen molar-refractivity contribution in [3.8, 4) is 0 Å². The Labute approximate surface area is 236 Å². The molecular weight excluding hydrogens is 541 g/mol. The Morgan fingerprint density at radius 1 is 1.05 bits per heavy atom. The van der Waals surface area contributed by atoms with E-state index in [0.717, 1.165) is 69.7 Å². The first-order valence-corrected chi connectivity index (χ1v) is 15.2. The van der Waals surface area contributed by atoms with Gasteiger partial charge in [0.25, 0.3) is 0 Å². The molecule has 1 aromatic carbocycles. The van der Waals surface area contributed by atoms with Gasteiger partial charge in [-0.05, 0) is 57.4 Å². The summed E-state index contributed by atoms with van der Waals surface area (Å²) in [4.78, 5) is 39.2. The van der Waals surface area contributed by atoms with Gasteiger partial charge < -0.3 is 20.0 Å². The minimum atomic E-state index is -1.26. The highest BCUT2D eigenvalue weighted by atomic mass is 32.2. The summed E-state index contributed by atoms with van der Waals surface area (Å²) < 4.78 is 14.4. The number of hydrogen-bond acceptors (Lipinski definition) is 7. The summed E-state index contributed by atoms with van der Waals surface area (Å²) in [7, 11) is 0. The summed E-state index contributed by atoms with van der Waals surface area (Å²) in [6, 6.07) is 5.12. The third-order valence-electron chi connectivity index (χ3n) is 7.62. The highest BCUT2D eigenvalue weighted by Crippen LogP contribution is 2.50. The van der Waals surface area contributed by atoms with Crippen LogP contribution < -0.4 is 4.90 Å². The van der Waals surface area contributed by atoms with Crippen LogP contribution in [0.2, 0.25) is 0 Å². The van der Waals surface area contributed by atoms with Crippen molar-refractivity contribution in [3.63, 3.8) is 0 Å². The van der Waals surface area contributed by atoms with Crippen molar-refractivity contribution in [1.82, 2.24) is 9.80 Å². The van der Waals surface area contributed by atoms with Gasteiger partial charge in [-0.1, -0.05) is 12.8 Å². The molecule has 5 rings (SSSR count). The Bertz CT molecular complexity index is 1190. The molecule has 2 N–H and O–H groups in total. The van der Waals surface area contributed by atoms with Crippen molar-refractivity contribution in [3.05, 3.63) is 41.5 Å². The second-order valence-corrected chi connectivity index (χ2v) is 12.8. The lowest BCUT2D eigenvalue weighted by molar-refractivity contribution is -0.134. The van der Waals surface area contributed by atoms with Crippen LogP contribution in [-0.4, -0.2) is 87.2 Å². The molecule has 8 nitrogen and oxygen atoms in total. The Morgan fingerprint density at radius 3 is 2.33 bits per heavy atom. The summed E-state index contributed by atoms with van der Waals surface area (Å²) >= 11 is 3.55. The van der Waals surface area contributed by atoms with Crippen LogP contribution in [0.25, 0.3) is 10.1 Å². The van der Waals surface area contributed by atoms with Gasteiger partial charge in [0, 0.05) is 60.3 Å². The van der Waals surface area contributed by atoms with Gasteiger partial charge in [-0.2, -0.15) is 0 Å². The van der Waals surface area contributed by atoms with Crippen molar-refractivity contribution in [2.75, 3.05) is 44.2 Å². The summed E-state index contributed by atoms with van der Waals surface area (Å²) in [5.74, 6) is -2.26. The fraction of sp³-hybridized carbons (Fsp3) is 0.536. The molecule has 1 unspecified atom stereocenters. The first-order valence-electron chi connectivity index (χ1n) is 13.5. The maximum Gasteiger partial charge on any atom is 0.328 e. The number of halogens is 1. The quantitative estimate of drug-likeness (QED) is 0.338. The number of aliphatic carboxylic acids is 2. The molecule has 1 aromatic heterocycles. The number of carboxylic acid groups (broad SMARTS) is 2. The third-order valence-corrected chi connectivity index (χ3v) is 10.2. The van der Waals surface area contributed by atoms with E-state index in [2.05, 4.69) is 27.0 Å². The van der Waals surface area contributed by atoms with Gasteiger partial charge in [-0.15, -0.1) is 23.1 Å². The number of nitrogens with zero attached hydrogens (tertiary/aromatic N) is 3. The van der Waals surface area contributed by atoms with Crippen molar-refractivity contribution in [1.29, 1.82) is 0 Å². The molecule has 1 amide bonds. The molecule has 0 radical (unpaired) electrons. The van der Waals surface area contributed by atoms with Crippen LogP contribution >= 0.6 is 23.1 Å². The summed E-state index contributed by atoms with van der Waals surface area (Å²) in [5, 5.41) is 19.3. The van der Waals surface area contributed by atoms with Crippen LogP contribution in [-0.2, 0) is 14.4 Å². The average Bonchev–Trinajstić information content (AvgIpc) is 3.60. The van der Waals surface area contributed by atoms with Gasteiger partial charge >= 0.3 is 11.9 Å². The summed E-state index contributed by atoms with van der Waals surface area (Å²) in [6.45, 7) is 8.39. The van der Waals surface area contributed by atoms with E-state index >= 15 is 0 Å². The van der Waals surface area contributed by atoms with E-state index < -0.39 is 11.9 Å². The minimum Gasteiger partial charge on any atom is -0.478 e. The third kappa shape index (κ3) is 7.32. The number of anilines is 1. The molecule has 11 heteroatoms. The fourth-order valence-corrected chi connectivity index (χ4v) is 8.35. The van der Waals surface area contributed by atoms with Crippen molar-refractivity contribution < 1.29 is 29.0 Å². The predicted octanol–water partition coefficient (Wildman–Crippen LogP) is 4.89. The molecule has 212 valence electrons. The van der Waals surface area contributed by atoms with E-state index in [9.17, 15) is 18.8 Å². The van der Waals surface area contributed by atoms with Crippen molar-refractivity contribution in [2.24, 2.45) is 0 Å². The van der Waals surface area contributed by atoms with E-state index in [1.165, 1.54) is 23.9 Å². The first kappa shape index (κ1) is 29.4. The molecule has 1 saturated carbocycles. The Kier molecular flexibility index (Phi) is 9.90. The topological polar surface area (TPSA) is 101 Å². The zero-order chi connectivity index (χ0) is 28.0. The van der Waals surface area contributed by atoms with E-state index in [-0.39, 0.29) is 10.6 Å². The normalized spacial score (nSPS) is 21.2. The standard InChI is InChI=1S/C24H32FN3OS2.C4H4O4/c1-18-28(23(29)24(31-18)8-2-3-9-24)11-5-4-10-26-12-14-27(15-13-26)21-17-30-22-16-19(25)6-7-20(21)22;5-3(6)1-2-4(7)8/h6-7,16-18H,2-5,8-15H2,1H3;1-2H,(H,5,6)(H,7,8). The zero-order valence-corrected chi connectivity index (χ0v) is 23.8. The van der Waals surface area contributed by atoms with E-state index in [0.29, 0.717) is 23.4 Å². The first-order chi connectivity index (χ1) is 18.7. The SMILES string of the molecule is CC1SC2(CCCC2)C(=O)N1CCCCN1CCN(c2csc3cc(F)ccc23)CC1.O=C(O)C=CC(=O)O. The zero-order valence-electron chi connectivity index (χ0n) is 22.2. The van der Waals surface area contributed by atoms with Crippen LogP contribution in [0.1, 0.15) is 45.4 Å². The van der Waals surface area contributed by atoms with E-state index in [1.807, 2.05) is 17.8 Å². The number of benzene rings is 1. The van der Waals surface area contributed by atoms with Gasteiger partial charge in [-0.3, -0.25) is 9.69 Å². The van der Waals surface area contributed by atoms with Gasteiger partial charge in [0.05, 0.1) is 15.8 Å². The average molecular weight is 578 g/mol. The van der Waals surface area contributed by atoms with Gasteiger partial charge in [0.15, 0.2) is 0 Å². The lowest BCUT2D eigenvalue weighted by Crippen LogP contribution is -2.46. The van der Waals surface area contributed by atoms with Crippen LogP contribution in [0.4, 0.5) is 10.1 Å². The molecule has 2 aromatic rings. The number of thioether (sulfide) groups is 1. The number of amides is 1. The Morgan fingerprint density at radius 2 is 1.69 bits per heavy atom. The Hall–Kier alpha value is -2.63. The van der Waals surface area contributed by atoms with Crippen molar-refractivity contribution in [2.45, 2.75) is 55.6 Å². The maximum atomic E-state index is 13.5. The second kappa shape index (κ2) is 13.1. The number of hydrogen-bond donors (Lipinski definition) is 2. The monoisotopic (exact) mass is 577 g/mol. The lowest BCUT2D eigenvalue weighted by atomic mass is 10.1. The van der Waals surface area contributed by atoms with Gasteiger partial charge in [0.2, 0.25) is 5.91 Å². The van der Waals surface area contributed by atoms with Crippen LogP contribution in [0, 0.1) is 5.82 Å². The number of piperazine rings is 1. The van der Waals surface area contributed by atoms with Gasteiger partial charge in [-0.25, -0.2) is 14.0 Å². The number of carboxylic acids is 2. The molecular formula is C28H36FN3O5S2. The molecule has 0 bridgehead atoms. The number of fused-ring (bicyclic) bond motifs is 1. The molecule has 39 heavy (non-hydrogen) atoms. The molecule has 2 saturated heterocycles. The van der Waals surface area contributed by atoms with E-state index in [1.54, 1.807) is 23.5 Å². The molecule has 3 aliphatic rings. The smallest absolute Gasteiger partial charge is 0.328 e. The molecule has 1 spiro atoms. The number of unbranched alkanes of at least 4 members (excludes halogenated alkanes) is 1. The maximum absolute atomic E-state index is 13.5. The largest absolute Gasteiger partial charge is 0.478 e. The minimum absolute atomic E-state index is 0.0760. The van der Waals surface area contributed by atoms with E-state index in [4.69, 9.17) is 10.2 Å². The highest BCUT2D eigenvalue weighted by Gasteiger charge is 2.51. The van der Waals surface area contributed by atoms with Gasteiger partial charge in [0.1, 0.15) is 5.82 Å². The summed E-state index contributed by atoms with van der Waals surface area (Å²) in [6.07, 6.45) is 7.94. The van der Waals surface area contributed by atoms with Crippen LogP contribution in [0.5, 0.6) is 0 Å². The number of carbonyl (C=O) groups is 3. The molecule has 2 aliphatic heterocycles. The molecule has 1 atom stereocenters. The van der Waals surface area contributed by atoms with Crippen LogP contribution in [0.15, 0.2) is 35.7 Å². The van der Waals surface area contributed by atoms with Crippen molar-refractivity contribution >= 4 is 56.7 Å². The number of carbonyl (C=O) groups excluding carboxylic acids is 1. The molecule has 1 aliphatic carbocycles. The number of thiophene rings is 1. The predicted molar refractivity (Wildman–Crippen MR) is 154 cm³/mol. The highest BCUT2D eigenvalue weighted by molar-refractivity contribution is 8.02. The fourth-order valence-electron chi connectivity index (χ4n) is 5.63. The Balaban J connectivity index is 0.000000386. The summed E-state index contributed by atoms with van der Waals surface area (Å²) in [5.41, 5.74) is 1.25.